The lowest BCUT2D eigenvalue weighted by atomic mass is 10.0. The van der Waals surface area contributed by atoms with Crippen molar-refractivity contribution in [3.8, 4) is 0 Å². The summed E-state index contributed by atoms with van der Waals surface area (Å²) in [7, 11) is -4.16. The van der Waals surface area contributed by atoms with Gasteiger partial charge in [-0.25, -0.2) is 31.1 Å². The molecular weight excluding hydrogens is 461 g/mol. The first-order valence-electron chi connectivity index (χ1n) is 10.1. The molecule has 1 atom stereocenters. The third-order valence-electron chi connectivity index (χ3n) is 5.18. The van der Waals surface area contributed by atoms with E-state index in [-0.39, 0.29) is 49.8 Å². The predicted molar refractivity (Wildman–Crippen MR) is 113 cm³/mol. The van der Waals surface area contributed by atoms with Gasteiger partial charge >= 0.3 is 6.03 Å². The van der Waals surface area contributed by atoms with E-state index in [0.717, 1.165) is 36.4 Å². The predicted octanol–water partition coefficient (Wildman–Crippen LogP) is 1.61. The number of nitrogens with two attached hydrogens (primary N) is 1. The van der Waals surface area contributed by atoms with Crippen LogP contribution in [0.4, 0.5) is 18.0 Å². The summed E-state index contributed by atoms with van der Waals surface area (Å²) in [5, 5.41) is 0. The van der Waals surface area contributed by atoms with Crippen molar-refractivity contribution in [2.45, 2.75) is 23.8 Å². The Morgan fingerprint density at radius 1 is 0.939 bits per heavy atom. The maximum atomic E-state index is 13.3. The first kappa shape index (κ1) is 24.5. The lowest BCUT2D eigenvalue weighted by Gasteiger charge is -2.35. The summed E-state index contributed by atoms with van der Waals surface area (Å²) in [6.45, 7) is 0.575. The van der Waals surface area contributed by atoms with Crippen molar-refractivity contribution >= 4 is 22.0 Å². The number of carbonyl (C=O) groups excluding carboxylic acids is 2. The number of nitrogens with zero attached hydrogens (tertiary/aromatic N) is 2. The Hall–Kier alpha value is -3.12. The van der Waals surface area contributed by atoms with E-state index in [0.29, 0.717) is 5.56 Å². The van der Waals surface area contributed by atoms with Gasteiger partial charge in [-0.3, -0.25) is 4.79 Å². The fourth-order valence-corrected chi connectivity index (χ4v) is 4.38. The largest absolute Gasteiger partial charge is 0.339 e. The number of piperazine rings is 1. The zero-order valence-electron chi connectivity index (χ0n) is 17.5. The first-order valence-corrected chi connectivity index (χ1v) is 11.6. The van der Waals surface area contributed by atoms with Crippen LogP contribution in [0.3, 0.4) is 0 Å². The molecule has 2 aromatic carbocycles. The summed E-state index contributed by atoms with van der Waals surface area (Å²) in [6.07, 6.45) is 0.163. The summed E-state index contributed by atoms with van der Waals surface area (Å²) in [6, 6.07) is 6.03. The number of halogens is 3. The van der Waals surface area contributed by atoms with Crippen LogP contribution in [-0.4, -0.2) is 62.4 Å². The number of carbonyl (C=O) groups is 2. The van der Waals surface area contributed by atoms with Crippen molar-refractivity contribution in [2.75, 3.05) is 26.2 Å². The number of nitrogens with one attached hydrogen (secondary N) is 1. The Labute approximate surface area is 189 Å². The topological polar surface area (TPSA) is 113 Å². The molecule has 1 aliphatic heterocycles. The SMILES string of the molecule is N[C@@H](CC(=O)N1CCN(C(=O)NS(=O)(=O)c2ccc(F)cc2)CC1)Cc1ccc(F)c(F)c1. The second kappa shape index (κ2) is 10.2. The van der Waals surface area contributed by atoms with Gasteiger partial charge in [-0.2, -0.15) is 0 Å². The van der Waals surface area contributed by atoms with Crippen LogP contribution in [0.1, 0.15) is 12.0 Å². The van der Waals surface area contributed by atoms with Crippen molar-refractivity contribution in [1.29, 1.82) is 0 Å². The van der Waals surface area contributed by atoms with E-state index in [4.69, 9.17) is 5.73 Å². The molecule has 0 aromatic heterocycles. The van der Waals surface area contributed by atoms with Crippen molar-refractivity contribution in [2.24, 2.45) is 5.73 Å². The molecule has 1 saturated heterocycles. The van der Waals surface area contributed by atoms with Crippen molar-refractivity contribution < 1.29 is 31.2 Å². The van der Waals surface area contributed by atoms with Gasteiger partial charge in [0.2, 0.25) is 5.91 Å². The second-order valence-electron chi connectivity index (χ2n) is 7.65. The minimum absolute atomic E-state index is 0.0237. The summed E-state index contributed by atoms with van der Waals surface area (Å²) in [4.78, 5) is 27.4. The molecule has 3 N–H and O–H groups in total. The number of amides is 3. The van der Waals surface area contributed by atoms with Crippen LogP contribution in [0.25, 0.3) is 0 Å². The fraction of sp³-hybridized carbons (Fsp3) is 0.333. The molecule has 33 heavy (non-hydrogen) atoms. The zero-order chi connectivity index (χ0) is 24.2. The quantitative estimate of drug-likeness (QED) is 0.647. The Bertz CT molecular complexity index is 1120. The Balaban J connectivity index is 1.48. The van der Waals surface area contributed by atoms with Gasteiger partial charge in [0, 0.05) is 38.6 Å². The van der Waals surface area contributed by atoms with E-state index in [2.05, 4.69) is 0 Å². The summed E-state index contributed by atoms with van der Waals surface area (Å²) in [5.41, 5.74) is 6.45. The Morgan fingerprint density at radius 3 is 2.15 bits per heavy atom. The average Bonchev–Trinajstić information content (AvgIpc) is 2.76. The van der Waals surface area contributed by atoms with Gasteiger partial charge in [-0.1, -0.05) is 6.07 Å². The van der Waals surface area contributed by atoms with Crippen molar-refractivity contribution in [1.82, 2.24) is 14.5 Å². The number of urea groups is 1. The zero-order valence-corrected chi connectivity index (χ0v) is 18.3. The van der Waals surface area contributed by atoms with Crippen LogP contribution in [0.2, 0.25) is 0 Å². The summed E-state index contributed by atoms with van der Waals surface area (Å²) >= 11 is 0. The maximum absolute atomic E-state index is 13.3. The molecule has 0 aliphatic carbocycles. The Morgan fingerprint density at radius 2 is 1.55 bits per heavy atom. The monoisotopic (exact) mass is 484 g/mol. The molecule has 3 amide bonds. The van der Waals surface area contributed by atoms with Gasteiger partial charge in [0.25, 0.3) is 10.0 Å². The molecule has 0 saturated carbocycles. The summed E-state index contributed by atoms with van der Waals surface area (Å²) in [5.74, 6) is -2.81. The molecule has 2 aromatic rings. The smallest absolute Gasteiger partial charge is 0.331 e. The number of hydrogen-bond acceptors (Lipinski definition) is 5. The number of sulfonamides is 1. The van der Waals surface area contributed by atoms with E-state index in [9.17, 15) is 31.2 Å². The van der Waals surface area contributed by atoms with E-state index in [1.807, 2.05) is 4.72 Å². The molecule has 1 fully saturated rings. The van der Waals surface area contributed by atoms with E-state index < -0.39 is 39.5 Å². The molecule has 8 nitrogen and oxygen atoms in total. The molecule has 0 bridgehead atoms. The van der Waals surface area contributed by atoms with Gasteiger partial charge in [0.1, 0.15) is 5.82 Å². The molecule has 12 heteroatoms. The van der Waals surface area contributed by atoms with Gasteiger partial charge < -0.3 is 15.5 Å². The van der Waals surface area contributed by atoms with Crippen molar-refractivity contribution in [3.63, 3.8) is 0 Å². The molecule has 178 valence electrons. The molecule has 0 radical (unpaired) electrons. The van der Waals surface area contributed by atoms with E-state index >= 15 is 0 Å². The maximum Gasteiger partial charge on any atom is 0.331 e. The van der Waals surface area contributed by atoms with Crippen LogP contribution in [0, 0.1) is 17.5 Å². The second-order valence-corrected chi connectivity index (χ2v) is 9.33. The minimum Gasteiger partial charge on any atom is -0.339 e. The highest BCUT2D eigenvalue weighted by atomic mass is 32.2. The molecule has 1 heterocycles. The van der Waals surface area contributed by atoms with Crippen LogP contribution < -0.4 is 10.5 Å². The Kier molecular flexibility index (Phi) is 7.59. The van der Waals surface area contributed by atoms with Gasteiger partial charge in [0.15, 0.2) is 11.6 Å². The molecule has 3 rings (SSSR count). The third-order valence-corrected chi connectivity index (χ3v) is 6.52. The highest BCUT2D eigenvalue weighted by Gasteiger charge is 2.28. The van der Waals surface area contributed by atoms with Crippen molar-refractivity contribution in [3.05, 3.63) is 65.5 Å². The van der Waals surface area contributed by atoms with Crippen LogP contribution in [-0.2, 0) is 21.2 Å². The number of rotatable bonds is 6. The van der Waals surface area contributed by atoms with Crippen LogP contribution in [0.15, 0.2) is 47.4 Å². The van der Waals surface area contributed by atoms with E-state index in [1.54, 1.807) is 0 Å². The highest BCUT2D eigenvalue weighted by Crippen LogP contribution is 2.13. The molecule has 1 aliphatic rings. The highest BCUT2D eigenvalue weighted by molar-refractivity contribution is 7.90. The van der Waals surface area contributed by atoms with Crippen LogP contribution in [0.5, 0.6) is 0 Å². The minimum atomic E-state index is -4.16. The molecule has 0 spiro atoms. The number of hydrogen-bond donors (Lipinski definition) is 2. The first-order chi connectivity index (χ1) is 15.5. The normalized spacial score (nSPS) is 15.3. The molecule has 0 unspecified atom stereocenters. The van der Waals surface area contributed by atoms with Gasteiger partial charge in [0.05, 0.1) is 4.90 Å². The average molecular weight is 485 g/mol. The lowest BCUT2D eigenvalue weighted by molar-refractivity contribution is -0.132. The van der Waals surface area contributed by atoms with Gasteiger partial charge in [-0.15, -0.1) is 0 Å². The van der Waals surface area contributed by atoms with E-state index in [1.165, 1.54) is 15.9 Å². The standard InChI is InChI=1S/C21H23F3N4O4S/c22-15-2-4-17(5-3-15)33(31,32)26-21(30)28-9-7-27(8-10-28)20(29)13-16(25)11-14-1-6-18(23)19(24)12-14/h1-6,12,16H,7-11,13,25H2,(H,26,30)/t16-/m1/s1. The molecular formula is C21H23F3N4O4S. The van der Waals surface area contributed by atoms with Crippen LogP contribution >= 0.6 is 0 Å². The number of benzene rings is 2. The van der Waals surface area contributed by atoms with Gasteiger partial charge in [-0.05, 0) is 48.4 Å². The lowest BCUT2D eigenvalue weighted by Crippen LogP contribution is -2.54. The summed E-state index contributed by atoms with van der Waals surface area (Å²) < 4.78 is 65.8. The third kappa shape index (κ3) is 6.45. The fourth-order valence-electron chi connectivity index (χ4n) is 3.41.